The van der Waals surface area contributed by atoms with Crippen LogP contribution in [0.25, 0.3) is 10.8 Å². The van der Waals surface area contributed by atoms with Crippen molar-refractivity contribution in [3.63, 3.8) is 0 Å². The standard InChI is InChI=1S/C17H21N3O2S/c1-12-14(23-16(20-12)15-18-10-7-11-19-15)17(21)22-13-8-5-3-2-4-6-9-13/h7,10-11,13H,2-6,8-9H2,1H3. The van der Waals surface area contributed by atoms with Crippen LogP contribution < -0.4 is 0 Å². The van der Waals surface area contributed by atoms with E-state index in [1.54, 1.807) is 18.5 Å². The second-order valence-electron chi connectivity index (χ2n) is 5.88. The molecule has 0 bridgehead atoms. The van der Waals surface area contributed by atoms with E-state index >= 15 is 0 Å². The highest BCUT2D eigenvalue weighted by atomic mass is 32.1. The van der Waals surface area contributed by atoms with Crippen molar-refractivity contribution in [3.05, 3.63) is 29.0 Å². The number of thiazole rings is 1. The van der Waals surface area contributed by atoms with Crippen molar-refractivity contribution in [2.75, 3.05) is 0 Å². The number of hydrogen-bond donors (Lipinski definition) is 0. The first-order chi connectivity index (χ1) is 11.2. The molecular weight excluding hydrogens is 310 g/mol. The van der Waals surface area contributed by atoms with Crippen molar-refractivity contribution in [3.8, 4) is 10.8 Å². The molecule has 1 aliphatic rings. The molecule has 1 aliphatic carbocycles. The minimum atomic E-state index is -0.257. The maximum atomic E-state index is 12.5. The van der Waals surface area contributed by atoms with Crippen molar-refractivity contribution < 1.29 is 9.53 Å². The summed E-state index contributed by atoms with van der Waals surface area (Å²) in [7, 11) is 0. The second-order valence-corrected chi connectivity index (χ2v) is 6.88. The maximum Gasteiger partial charge on any atom is 0.350 e. The van der Waals surface area contributed by atoms with Crippen LogP contribution in [-0.2, 0) is 4.74 Å². The summed E-state index contributed by atoms with van der Waals surface area (Å²) in [6, 6.07) is 1.76. The van der Waals surface area contributed by atoms with E-state index in [0.29, 0.717) is 21.4 Å². The summed E-state index contributed by atoms with van der Waals surface area (Å²) in [6.45, 7) is 1.83. The smallest absolute Gasteiger partial charge is 0.350 e. The van der Waals surface area contributed by atoms with Gasteiger partial charge in [-0.15, -0.1) is 11.3 Å². The fourth-order valence-electron chi connectivity index (χ4n) is 2.83. The number of carbonyl (C=O) groups is 1. The Morgan fingerprint density at radius 2 is 1.78 bits per heavy atom. The van der Waals surface area contributed by atoms with Gasteiger partial charge < -0.3 is 4.74 Å². The van der Waals surface area contributed by atoms with Crippen LogP contribution in [0.5, 0.6) is 0 Å². The zero-order valence-electron chi connectivity index (χ0n) is 13.3. The lowest BCUT2D eigenvalue weighted by Crippen LogP contribution is -2.19. The van der Waals surface area contributed by atoms with Gasteiger partial charge in [0.15, 0.2) is 10.8 Å². The number of ether oxygens (including phenoxy) is 1. The zero-order chi connectivity index (χ0) is 16.1. The van der Waals surface area contributed by atoms with E-state index in [4.69, 9.17) is 4.74 Å². The minimum absolute atomic E-state index is 0.0423. The Hall–Kier alpha value is -1.82. The summed E-state index contributed by atoms with van der Waals surface area (Å²) < 4.78 is 5.73. The van der Waals surface area contributed by atoms with E-state index in [1.165, 1.54) is 30.6 Å². The topological polar surface area (TPSA) is 65.0 Å². The molecule has 3 rings (SSSR count). The van der Waals surface area contributed by atoms with E-state index in [2.05, 4.69) is 15.0 Å². The Kier molecular flexibility index (Phi) is 5.33. The second kappa shape index (κ2) is 7.64. The van der Waals surface area contributed by atoms with Crippen molar-refractivity contribution in [2.24, 2.45) is 0 Å². The molecule has 0 amide bonds. The highest BCUT2D eigenvalue weighted by Crippen LogP contribution is 2.27. The maximum absolute atomic E-state index is 12.5. The lowest BCUT2D eigenvalue weighted by atomic mass is 9.98. The van der Waals surface area contributed by atoms with Crippen molar-refractivity contribution in [1.29, 1.82) is 0 Å². The van der Waals surface area contributed by atoms with E-state index < -0.39 is 0 Å². The number of esters is 1. The van der Waals surface area contributed by atoms with Crippen LogP contribution in [0, 0.1) is 6.92 Å². The highest BCUT2D eigenvalue weighted by molar-refractivity contribution is 7.16. The van der Waals surface area contributed by atoms with Gasteiger partial charge in [0.1, 0.15) is 11.0 Å². The molecule has 0 aromatic carbocycles. The van der Waals surface area contributed by atoms with Crippen LogP contribution in [0.1, 0.15) is 60.3 Å². The van der Waals surface area contributed by atoms with E-state index in [0.717, 1.165) is 25.7 Å². The Balaban J connectivity index is 1.71. The number of nitrogens with zero attached hydrogens (tertiary/aromatic N) is 3. The van der Waals surface area contributed by atoms with E-state index in [9.17, 15) is 4.79 Å². The molecule has 122 valence electrons. The van der Waals surface area contributed by atoms with Gasteiger partial charge in [0.25, 0.3) is 0 Å². The van der Waals surface area contributed by atoms with Crippen molar-refractivity contribution in [2.45, 2.75) is 58.0 Å². The number of aromatic nitrogens is 3. The molecule has 6 heteroatoms. The highest BCUT2D eigenvalue weighted by Gasteiger charge is 2.22. The van der Waals surface area contributed by atoms with Crippen LogP contribution in [0.2, 0.25) is 0 Å². The summed E-state index contributed by atoms with van der Waals surface area (Å²) in [5.74, 6) is 0.290. The molecule has 1 fully saturated rings. The number of aryl methyl sites for hydroxylation is 1. The van der Waals surface area contributed by atoms with Gasteiger partial charge in [-0.25, -0.2) is 19.7 Å². The molecule has 1 saturated carbocycles. The molecule has 0 N–H and O–H groups in total. The molecule has 2 heterocycles. The Morgan fingerprint density at radius 1 is 1.13 bits per heavy atom. The van der Waals surface area contributed by atoms with Gasteiger partial charge in [-0.1, -0.05) is 19.3 Å². The Bertz CT molecular complexity index is 649. The average molecular weight is 331 g/mol. The van der Waals surface area contributed by atoms with Gasteiger partial charge in [-0.3, -0.25) is 0 Å². The zero-order valence-corrected chi connectivity index (χ0v) is 14.1. The lowest BCUT2D eigenvalue weighted by molar-refractivity contribution is 0.0244. The van der Waals surface area contributed by atoms with Crippen molar-refractivity contribution >= 4 is 17.3 Å². The predicted molar refractivity (Wildman–Crippen MR) is 89.4 cm³/mol. The third-order valence-electron chi connectivity index (χ3n) is 4.06. The number of rotatable bonds is 3. The first kappa shape index (κ1) is 16.1. The quantitative estimate of drug-likeness (QED) is 0.789. The van der Waals surface area contributed by atoms with Gasteiger partial charge in [0, 0.05) is 12.4 Å². The van der Waals surface area contributed by atoms with Crippen LogP contribution in [0.15, 0.2) is 18.5 Å². The van der Waals surface area contributed by atoms with Crippen molar-refractivity contribution in [1.82, 2.24) is 15.0 Å². The molecule has 0 spiro atoms. The van der Waals surface area contributed by atoms with Gasteiger partial charge in [0.05, 0.1) is 5.69 Å². The summed E-state index contributed by atoms with van der Waals surface area (Å²) in [6.07, 6.45) is 11.4. The number of hydrogen-bond acceptors (Lipinski definition) is 6. The predicted octanol–water partition coefficient (Wildman–Crippen LogP) is 4.18. The average Bonchev–Trinajstić information content (AvgIpc) is 2.93. The third-order valence-corrected chi connectivity index (χ3v) is 5.20. The number of carbonyl (C=O) groups excluding carboxylic acids is 1. The summed E-state index contributed by atoms with van der Waals surface area (Å²) >= 11 is 1.31. The normalized spacial score (nSPS) is 16.6. The molecule has 0 radical (unpaired) electrons. The molecule has 0 saturated heterocycles. The molecule has 0 unspecified atom stereocenters. The first-order valence-corrected chi connectivity index (χ1v) is 9.01. The summed E-state index contributed by atoms with van der Waals surface area (Å²) in [5.41, 5.74) is 0.688. The van der Waals surface area contributed by atoms with E-state index in [1.807, 2.05) is 6.92 Å². The summed E-state index contributed by atoms with van der Waals surface area (Å²) in [4.78, 5) is 25.8. The van der Waals surface area contributed by atoms with Crippen LogP contribution >= 0.6 is 11.3 Å². The van der Waals surface area contributed by atoms with Gasteiger partial charge in [-0.05, 0) is 38.7 Å². The van der Waals surface area contributed by atoms with Gasteiger partial charge in [0.2, 0.25) is 0 Å². The molecule has 0 atom stereocenters. The molecule has 23 heavy (non-hydrogen) atoms. The molecule has 2 aromatic heterocycles. The van der Waals surface area contributed by atoms with Gasteiger partial charge in [-0.2, -0.15) is 0 Å². The third kappa shape index (κ3) is 4.13. The fraction of sp³-hybridized carbons (Fsp3) is 0.529. The minimum Gasteiger partial charge on any atom is -0.458 e. The van der Waals surface area contributed by atoms with Crippen LogP contribution in [-0.4, -0.2) is 27.0 Å². The fourth-order valence-corrected chi connectivity index (χ4v) is 3.73. The van der Waals surface area contributed by atoms with Crippen LogP contribution in [0.4, 0.5) is 0 Å². The van der Waals surface area contributed by atoms with Gasteiger partial charge >= 0.3 is 5.97 Å². The first-order valence-electron chi connectivity index (χ1n) is 8.20. The Morgan fingerprint density at radius 3 is 2.48 bits per heavy atom. The lowest BCUT2D eigenvalue weighted by Gasteiger charge is -2.19. The largest absolute Gasteiger partial charge is 0.458 e. The SMILES string of the molecule is Cc1nc(-c2ncccn2)sc1C(=O)OC1CCCCCCC1. The molecule has 5 nitrogen and oxygen atoms in total. The molecule has 0 aliphatic heterocycles. The monoisotopic (exact) mass is 331 g/mol. The van der Waals surface area contributed by atoms with Crippen LogP contribution in [0.3, 0.4) is 0 Å². The molecular formula is C17H21N3O2S. The molecule has 2 aromatic rings. The Labute approximate surface area is 140 Å². The van der Waals surface area contributed by atoms with E-state index in [-0.39, 0.29) is 12.1 Å². The summed E-state index contributed by atoms with van der Waals surface area (Å²) in [5, 5.41) is 0.660.